The van der Waals surface area contributed by atoms with E-state index in [2.05, 4.69) is 19.2 Å². The first kappa shape index (κ1) is 21.3. The minimum Gasteiger partial charge on any atom is -0.394 e. The van der Waals surface area contributed by atoms with Crippen molar-refractivity contribution in [1.29, 1.82) is 0 Å². The van der Waals surface area contributed by atoms with Crippen molar-refractivity contribution in [3.63, 3.8) is 0 Å². The zero-order chi connectivity index (χ0) is 16.5. The Labute approximate surface area is 134 Å². The van der Waals surface area contributed by atoms with E-state index in [4.69, 9.17) is 19.3 Å². The van der Waals surface area contributed by atoms with Gasteiger partial charge in [0.05, 0.1) is 46.2 Å². The summed E-state index contributed by atoms with van der Waals surface area (Å²) >= 11 is 0. The van der Waals surface area contributed by atoms with Crippen LogP contribution in [0.15, 0.2) is 0 Å². The molecule has 0 saturated heterocycles. The average molecular weight is 319 g/mol. The number of aliphatic hydroxyl groups is 1. The quantitative estimate of drug-likeness (QED) is 0.420. The number of ether oxygens (including phenoxy) is 3. The largest absolute Gasteiger partial charge is 0.394 e. The minimum absolute atomic E-state index is 0.0343. The summed E-state index contributed by atoms with van der Waals surface area (Å²) in [4.78, 5) is 11.5. The molecule has 1 amide bonds. The van der Waals surface area contributed by atoms with Crippen molar-refractivity contribution in [2.75, 3.05) is 52.8 Å². The van der Waals surface area contributed by atoms with Gasteiger partial charge in [-0.05, 0) is 12.3 Å². The molecule has 0 rings (SSSR count). The maximum absolute atomic E-state index is 11.5. The highest BCUT2D eigenvalue weighted by atomic mass is 16.5. The number of hydrogen-bond donors (Lipinski definition) is 2. The summed E-state index contributed by atoms with van der Waals surface area (Å²) < 4.78 is 15.7. The van der Waals surface area contributed by atoms with Crippen LogP contribution in [0.2, 0.25) is 0 Å². The number of carbonyl (C=O) groups excluding carboxylic acids is 1. The van der Waals surface area contributed by atoms with Gasteiger partial charge in [0.1, 0.15) is 0 Å². The summed E-state index contributed by atoms with van der Waals surface area (Å²) in [5, 5.41) is 11.3. The number of rotatable bonds is 16. The zero-order valence-electron chi connectivity index (χ0n) is 14.1. The number of nitrogens with one attached hydrogen (secondary N) is 1. The highest BCUT2D eigenvalue weighted by Crippen LogP contribution is 2.07. The van der Waals surface area contributed by atoms with Crippen LogP contribution < -0.4 is 5.32 Å². The van der Waals surface area contributed by atoms with Gasteiger partial charge in [0.25, 0.3) is 0 Å². The summed E-state index contributed by atoms with van der Waals surface area (Å²) in [6.45, 7) is 7.81. The second-order valence-electron chi connectivity index (χ2n) is 5.55. The standard InChI is InChI=1S/C16H33NO5/c1-15(2)5-3-4-6-16(19)17-7-9-20-11-13-22-14-12-21-10-8-18/h15,18H,3-14H2,1-2H3,(H,17,19). The highest BCUT2D eigenvalue weighted by molar-refractivity contribution is 5.75. The van der Waals surface area contributed by atoms with E-state index in [-0.39, 0.29) is 12.5 Å². The lowest BCUT2D eigenvalue weighted by atomic mass is 10.1. The molecule has 0 aliphatic rings. The van der Waals surface area contributed by atoms with Crippen molar-refractivity contribution in [1.82, 2.24) is 5.32 Å². The van der Waals surface area contributed by atoms with Gasteiger partial charge in [-0.1, -0.05) is 26.7 Å². The van der Waals surface area contributed by atoms with Gasteiger partial charge in [0.15, 0.2) is 0 Å². The molecule has 0 spiro atoms. The first-order valence-corrected chi connectivity index (χ1v) is 8.27. The van der Waals surface area contributed by atoms with Crippen LogP contribution >= 0.6 is 0 Å². The molecule has 6 heteroatoms. The molecule has 0 aliphatic carbocycles. The average Bonchev–Trinajstić information content (AvgIpc) is 2.49. The van der Waals surface area contributed by atoms with Gasteiger partial charge in [0.2, 0.25) is 5.91 Å². The summed E-state index contributed by atoms with van der Waals surface area (Å²) in [5.74, 6) is 0.810. The molecule has 0 saturated carbocycles. The normalized spacial score (nSPS) is 11.1. The third kappa shape index (κ3) is 17.4. The molecule has 0 aromatic carbocycles. The maximum Gasteiger partial charge on any atom is 0.220 e. The molecule has 0 fully saturated rings. The van der Waals surface area contributed by atoms with Crippen LogP contribution in [0, 0.1) is 5.92 Å². The van der Waals surface area contributed by atoms with Crippen LogP contribution in [0.1, 0.15) is 39.5 Å². The Morgan fingerprint density at radius 1 is 0.955 bits per heavy atom. The molecule has 132 valence electrons. The van der Waals surface area contributed by atoms with E-state index >= 15 is 0 Å². The topological polar surface area (TPSA) is 77.0 Å². The Kier molecular flexibility index (Phi) is 16.2. The second-order valence-corrected chi connectivity index (χ2v) is 5.55. The van der Waals surface area contributed by atoms with Crippen LogP contribution in [-0.4, -0.2) is 63.8 Å². The van der Waals surface area contributed by atoms with Crippen LogP contribution in [0.4, 0.5) is 0 Å². The Morgan fingerprint density at radius 3 is 2.14 bits per heavy atom. The van der Waals surface area contributed by atoms with Crippen molar-refractivity contribution in [2.45, 2.75) is 39.5 Å². The zero-order valence-corrected chi connectivity index (χ0v) is 14.1. The Morgan fingerprint density at radius 2 is 1.55 bits per heavy atom. The number of hydrogen-bond acceptors (Lipinski definition) is 5. The van der Waals surface area contributed by atoms with Crippen LogP contribution in [-0.2, 0) is 19.0 Å². The predicted octanol–water partition coefficient (Wildman–Crippen LogP) is 1.36. The molecule has 0 heterocycles. The van der Waals surface area contributed by atoms with E-state index in [1.807, 2.05) is 0 Å². The first-order chi connectivity index (χ1) is 10.7. The second kappa shape index (κ2) is 16.7. The van der Waals surface area contributed by atoms with Crippen molar-refractivity contribution in [2.24, 2.45) is 5.92 Å². The van der Waals surface area contributed by atoms with E-state index in [0.29, 0.717) is 58.5 Å². The van der Waals surface area contributed by atoms with Crippen molar-refractivity contribution < 1.29 is 24.1 Å². The lowest BCUT2D eigenvalue weighted by Crippen LogP contribution is -2.27. The van der Waals surface area contributed by atoms with Crippen LogP contribution in [0.5, 0.6) is 0 Å². The monoisotopic (exact) mass is 319 g/mol. The van der Waals surface area contributed by atoms with E-state index in [1.165, 1.54) is 6.42 Å². The van der Waals surface area contributed by atoms with Gasteiger partial charge >= 0.3 is 0 Å². The number of carbonyl (C=O) groups is 1. The van der Waals surface area contributed by atoms with Crippen molar-refractivity contribution in [3.05, 3.63) is 0 Å². The lowest BCUT2D eigenvalue weighted by molar-refractivity contribution is -0.121. The fraction of sp³-hybridized carbons (Fsp3) is 0.938. The molecule has 2 N–H and O–H groups in total. The Bertz CT molecular complexity index is 249. The van der Waals surface area contributed by atoms with Gasteiger partial charge in [-0.25, -0.2) is 0 Å². The maximum atomic E-state index is 11.5. The predicted molar refractivity (Wildman–Crippen MR) is 85.9 cm³/mol. The van der Waals surface area contributed by atoms with Gasteiger partial charge in [0, 0.05) is 13.0 Å². The fourth-order valence-corrected chi connectivity index (χ4v) is 1.80. The summed E-state index contributed by atoms with van der Waals surface area (Å²) in [7, 11) is 0. The molecule has 0 aromatic rings. The molecule has 0 unspecified atom stereocenters. The lowest BCUT2D eigenvalue weighted by Gasteiger charge is -2.08. The summed E-state index contributed by atoms with van der Waals surface area (Å²) in [5.41, 5.74) is 0. The molecule has 0 bridgehead atoms. The van der Waals surface area contributed by atoms with Crippen molar-refractivity contribution in [3.8, 4) is 0 Å². The molecule has 6 nitrogen and oxygen atoms in total. The molecular weight excluding hydrogens is 286 g/mol. The highest BCUT2D eigenvalue weighted by Gasteiger charge is 2.01. The molecule has 0 atom stereocenters. The van der Waals surface area contributed by atoms with Crippen LogP contribution in [0.25, 0.3) is 0 Å². The van der Waals surface area contributed by atoms with E-state index in [0.717, 1.165) is 12.8 Å². The number of unbranched alkanes of at least 4 members (excludes halogenated alkanes) is 1. The fourth-order valence-electron chi connectivity index (χ4n) is 1.80. The summed E-state index contributed by atoms with van der Waals surface area (Å²) in [6, 6.07) is 0. The number of amides is 1. The van der Waals surface area contributed by atoms with Crippen molar-refractivity contribution >= 4 is 5.91 Å². The van der Waals surface area contributed by atoms with E-state index in [9.17, 15) is 4.79 Å². The molecule has 22 heavy (non-hydrogen) atoms. The van der Waals surface area contributed by atoms with Crippen LogP contribution in [0.3, 0.4) is 0 Å². The minimum atomic E-state index is 0.0343. The molecule has 0 aromatic heterocycles. The first-order valence-electron chi connectivity index (χ1n) is 8.27. The van der Waals surface area contributed by atoms with E-state index < -0.39 is 0 Å². The Balaban J connectivity index is 3.14. The molecule has 0 radical (unpaired) electrons. The third-order valence-electron chi connectivity index (χ3n) is 2.98. The van der Waals surface area contributed by atoms with Gasteiger partial charge < -0.3 is 24.6 Å². The smallest absolute Gasteiger partial charge is 0.220 e. The Hall–Kier alpha value is -0.690. The molecular formula is C16H33NO5. The van der Waals surface area contributed by atoms with Gasteiger partial charge in [-0.3, -0.25) is 4.79 Å². The van der Waals surface area contributed by atoms with E-state index in [1.54, 1.807) is 0 Å². The molecule has 0 aliphatic heterocycles. The van der Waals surface area contributed by atoms with Gasteiger partial charge in [-0.2, -0.15) is 0 Å². The number of aliphatic hydroxyl groups excluding tert-OH is 1. The SMILES string of the molecule is CC(C)CCCCC(=O)NCCOCCOCCOCCO. The third-order valence-corrected chi connectivity index (χ3v) is 2.98. The van der Waals surface area contributed by atoms with Gasteiger partial charge in [-0.15, -0.1) is 0 Å². The summed E-state index contributed by atoms with van der Waals surface area (Å²) in [6.07, 6.45) is 3.85.